The maximum Gasteiger partial charge on any atom is 0.338 e. The van der Waals surface area contributed by atoms with Crippen LogP contribution in [0.1, 0.15) is 44.9 Å². The molecule has 214 valence electrons. The Morgan fingerprint density at radius 3 is 2.41 bits per heavy atom. The summed E-state index contributed by atoms with van der Waals surface area (Å²) in [6.45, 7) is 7.70. The summed E-state index contributed by atoms with van der Waals surface area (Å²) in [6.07, 6.45) is 1.86. The van der Waals surface area contributed by atoms with Gasteiger partial charge < -0.3 is 24.3 Å². The Morgan fingerprint density at radius 2 is 1.73 bits per heavy atom. The van der Waals surface area contributed by atoms with Crippen molar-refractivity contribution >= 4 is 40.5 Å². The highest BCUT2D eigenvalue weighted by atomic mass is 32.2. The van der Waals surface area contributed by atoms with Gasteiger partial charge >= 0.3 is 5.97 Å². The molecule has 0 radical (unpaired) electrons. The second kappa shape index (κ2) is 11.8. The molecular weight excluding hydrogens is 540 g/mol. The van der Waals surface area contributed by atoms with Crippen LogP contribution in [0.2, 0.25) is 0 Å². The molecular formula is C32H34N2O6S. The van der Waals surface area contributed by atoms with E-state index in [1.165, 1.54) is 11.8 Å². The third kappa shape index (κ3) is 5.34. The van der Waals surface area contributed by atoms with Crippen molar-refractivity contribution in [3.8, 4) is 17.2 Å². The molecule has 5 rings (SSSR count). The van der Waals surface area contributed by atoms with Gasteiger partial charge in [-0.05, 0) is 68.5 Å². The van der Waals surface area contributed by atoms with Crippen LogP contribution in [0.15, 0.2) is 70.8 Å². The number of thioether (sulfide) groups is 1. The van der Waals surface area contributed by atoms with Gasteiger partial charge in [0, 0.05) is 11.1 Å². The number of fused-ring (bicyclic) bond motifs is 2. The Bertz CT molecular complexity index is 1560. The Hall–Kier alpha value is -4.11. The summed E-state index contributed by atoms with van der Waals surface area (Å²) in [5.41, 5.74) is 2.25. The summed E-state index contributed by atoms with van der Waals surface area (Å²) in [5, 5.41) is 5.31. The molecule has 41 heavy (non-hydrogen) atoms. The van der Waals surface area contributed by atoms with Crippen LogP contribution in [0.4, 0.5) is 0 Å². The maximum atomic E-state index is 14.1. The summed E-state index contributed by atoms with van der Waals surface area (Å²) < 4.78 is 22.6. The zero-order valence-electron chi connectivity index (χ0n) is 24.0. The number of nitrogens with zero attached hydrogens (tertiary/aromatic N) is 1. The van der Waals surface area contributed by atoms with Crippen molar-refractivity contribution in [2.24, 2.45) is 0 Å². The van der Waals surface area contributed by atoms with Crippen LogP contribution in [0.5, 0.6) is 17.2 Å². The SMILES string of the molecule is CCOC(=O)C1=C(C)N[C@@H]2S/C(=C\c3ccc(OC)c4ccccc34)C(=O)N2[C@H]1c1ccc(OC(C)C)c(OC)c1. The van der Waals surface area contributed by atoms with E-state index in [1.807, 2.05) is 81.4 Å². The number of benzene rings is 3. The van der Waals surface area contributed by atoms with Gasteiger partial charge in [0.15, 0.2) is 17.0 Å². The minimum atomic E-state index is -0.694. The number of rotatable bonds is 8. The van der Waals surface area contributed by atoms with Crippen molar-refractivity contribution in [3.05, 3.63) is 81.9 Å². The predicted molar refractivity (Wildman–Crippen MR) is 161 cm³/mol. The summed E-state index contributed by atoms with van der Waals surface area (Å²) in [7, 11) is 3.22. The van der Waals surface area contributed by atoms with Gasteiger partial charge in [-0.1, -0.05) is 48.2 Å². The molecule has 1 N–H and O–H groups in total. The first kappa shape index (κ1) is 28.4. The number of allylic oxidation sites excluding steroid dienone is 1. The second-order valence-corrected chi connectivity index (χ2v) is 11.1. The first-order valence-corrected chi connectivity index (χ1v) is 14.4. The van der Waals surface area contributed by atoms with Crippen LogP contribution < -0.4 is 19.5 Å². The first-order chi connectivity index (χ1) is 19.8. The average molecular weight is 575 g/mol. The lowest BCUT2D eigenvalue weighted by atomic mass is 9.93. The summed E-state index contributed by atoms with van der Waals surface area (Å²) in [6, 6.07) is 16.6. The number of nitrogens with one attached hydrogen (secondary N) is 1. The predicted octanol–water partition coefficient (Wildman–Crippen LogP) is 6.03. The van der Waals surface area contributed by atoms with Crippen LogP contribution >= 0.6 is 11.8 Å². The van der Waals surface area contributed by atoms with Crippen LogP contribution in [0.25, 0.3) is 16.8 Å². The molecule has 3 aromatic rings. The van der Waals surface area contributed by atoms with Crippen LogP contribution in [-0.4, -0.2) is 49.2 Å². The summed E-state index contributed by atoms with van der Waals surface area (Å²) >= 11 is 1.42. The van der Waals surface area contributed by atoms with Gasteiger partial charge in [0.2, 0.25) is 0 Å². The highest BCUT2D eigenvalue weighted by Crippen LogP contribution is 2.48. The monoisotopic (exact) mass is 574 g/mol. The van der Waals surface area contributed by atoms with Gasteiger partial charge in [-0.15, -0.1) is 0 Å². The number of hydrogen-bond acceptors (Lipinski definition) is 8. The molecule has 2 aliphatic rings. The van der Waals surface area contributed by atoms with E-state index in [-0.39, 0.29) is 18.6 Å². The fourth-order valence-corrected chi connectivity index (χ4v) is 6.47. The third-order valence-electron chi connectivity index (χ3n) is 7.02. The second-order valence-electron chi connectivity index (χ2n) is 9.98. The van der Waals surface area contributed by atoms with Crippen molar-refractivity contribution in [3.63, 3.8) is 0 Å². The molecule has 0 spiro atoms. The van der Waals surface area contributed by atoms with Crippen molar-refractivity contribution < 1.29 is 28.5 Å². The Kier molecular flexibility index (Phi) is 8.17. The molecule has 1 amide bonds. The molecule has 8 nitrogen and oxygen atoms in total. The molecule has 2 aliphatic heterocycles. The van der Waals surface area contributed by atoms with Crippen molar-refractivity contribution in [1.82, 2.24) is 10.2 Å². The highest BCUT2D eigenvalue weighted by Gasteiger charge is 2.48. The van der Waals surface area contributed by atoms with E-state index in [4.69, 9.17) is 18.9 Å². The topological polar surface area (TPSA) is 86.3 Å². The lowest BCUT2D eigenvalue weighted by Gasteiger charge is -2.39. The van der Waals surface area contributed by atoms with Gasteiger partial charge in [0.05, 0.1) is 43.5 Å². The zero-order chi connectivity index (χ0) is 29.3. The number of esters is 1. The number of carbonyl (C=O) groups is 2. The molecule has 3 aromatic carbocycles. The van der Waals surface area contributed by atoms with Crippen molar-refractivity contribution in [2.45, 2.75) is 45.3 Å². The molecule has 0 aliphatic carbocycles. The number of methoxy groups -OCH3 is 2. The van der Waals surface area contributed by atoms with Gasteiger partial charge in [0.1, 0.15) is 5.75 Å². The van der Waals surface area contributed by atoms with E-state index in [0.29, 0.717) is 27.7 Å². The fourth-order valence-electron chi connectivity index (χ4n) is 5.26. The number of ether oxygens (including phenoxy) is 4. The van der Waals surface area contributed by atoms with E-state index >= 15 is 0 Å². The number of hydrogen-bond donors (Lipinski definition) is 1. The van der Waals surface area contributed by atoms with Gasteiger partial charge in [-0.3, -0.25) is 9.69 Å². The van der Waals surface area contributed by atoms with Crippen LogP contribution in [0.3, 0.4) is 0 Å². The third-order valence-corrected chi connectivity index (χ3v) is 8.13. The summed E-state index contributed by atoms with van der Waals surface area (Å²) in [5.74, 6) is 1.22. The average Bonchev–Trinajstić information content (AvgIpc) is 3.26. The molecule has 9 heteroatoms. The van der Waals surface area contributed by atoms with Crippen molar-refractivity contribution in [1.29, 1.82) is 0 Å². The largest absolute Gasteiger partial charge is 0.496 e. The Labute approximate surface area is 244 Å². The molecule has 1 saturated heterocycles. The van der Waals surface area contributed by atoms with Crippen LogP contribution in [0, 0.1) is 0 Å². The fraction of sp³-hybridized carbons (Fsp3) is 0.312. The lowest BCUT2D eigenvalue weighted by Crippen LogP contribution is -2.50. The van der Waals surface area contributed by atoms with E-state index in [0.717, 1.165) is 27.6 Å². The molecule has 0 saturated carbocycles. The highest BCUT2D eigenvalue weighted by molar-refractivity contribution is 8.05. The smallest absolute Gasteiger partial charge is 0.338 e. The Balaban J connectivity index is 1.60. The minimum Gasteiger partial charge on any atom is -0.496 e. The van der Waals surface area contributed by atoms with Crippen LogP contribution in [-0.2, 0) is 14.3 Å². The normalized spacial score (nSPS) is 19.4. The standard InChI is InChI=1S/C32H34N2O6S/c1-7-39-31(36)28-19(4)33-32-34(29(28)21-13-15-25(40-18(2)3)26(16-21)38-6)30(35)27(41-32)17-20-12-14-24(37-5)23-11-9-8-10-22(20)23/h8-18,29,32-33H,7H2,1-6H3/b27-17-/t29-,32-/m0/s1. The number of carbonyl (C=O) groups excluding carboxylic acids is 2. The number of amides is 1. The van der Waals surface area contributed by atoms with Gasteiger partial charge in [-0.25, -0.2) is 4.79 Å². The first-order valence-electron chi connectivity index (χ1n) is 13.5. The molecule has 2 heterocycles. The lowest BCUT2D eigenvalue weighted by molar-refractivity contribution is -0.140. The maximum absolute atomic E-state index is 14.1. The molecule has 0 unspecified atom stereocenters. The summed E-state index contributed by atoms with van der Waals surface area (Å²) in [4.78, 5) is 29.7. The zero-order valence-corrected chi connectivity index (χ0v) is 24.8. The van der Waals surface area contributed by atoms with Gasteiger partial charge in [-0.2, -0.15) is 0 Å². The van der Waals surface area contributed by atoms with E-state index in [1.54, 1.807) is 26.0 Å². The molecule has 0 bridgehead atoms. The Morgan fingerprint density at radius 1 is 1.02 bits per heavy atom. The van der Waals surface area contributed by atoms with E-state index < -0.39 is 17.5 Å². The van der Waals surface area contributed by atoms with Crippen molar-refractivity contribution in [2.75, 3.05) is 20.8 Å². The molecule has 0 aromatic heterocycles. The van der Waals surface area contributed by atoms with Gasteiger partial charge in [0.25, 0.3) is 5.91 Å². The molecule has 1 fully saturated rings. The van der Waals surface area contributed by atoms with E-state index in [2.05, 4.69) is 5.32 Å². The molecule has 2 atom stereocenters. The quantitative estimate of drug-likeness (QED) is 0.258. The van der Waals surface area contributed by atoms with E-state index in [9.17, 15) is 9.59 Å². The minimum absolute atomic E-state index is 0.0477.